The summed E-state index contributed by atoms with van der Waals surface area (Å²) >= 11 is 0. The molecule has 0 aromatic rings. The van der Waals surface area contributed by atoms with E-state index in [0.29, 0.717) is 12.0 Å². The van der Waals surface area contributed by atoms with Crippen LogP contribution in [0, 0.1) is 17.3 Å². The van der Waals surface area contributed by atoms with Gasteiger partial charge in [0.2, 0.25) is 0 Å². The molecule has 0 spiro atoms. The van der Waals surface area contributed by atoms with Crippen molar-refractivity contribution in [3.8, 4) is 0 Å². The van der Waals surface area contributed by atoms with Gasteiger partial charge in [-0.25, -0.2) is 4.79 Å². The van der Waals surface area contributed by atoms with E-state index in [4.69, 9.17) is 9.47 Å². The molecule has 1 aliphatic heterocycles. The first-order valence-corrected chi connectivity index (χ1v) is 7.29. The number of rotatable bonds is 3. The van der Waals surface area contributed by atoms with Gasteiger partial charge in [0.05, 0.1) is 13.0 Å². The van der Waals surface area contributed by atoms with Crippen molar-refractivity contribution < 1.29 is 23.9 Å². The number of fused-ring (bicyclic) bond motifs is 1. The van der Waals surface area contributed by atoms with Gasteiger partial charge >= 0.3 is 11.9 Å². The Kier molecular flexibility index (Phi) is 4.21. The maximum atomic E-state index is 11.9. The zero-order valence-electron chi connectivity index (χ0n) is 13.0. The number of esters is 2. The number of carbonyl (C=O) groups is 3. The average Bonchev–Trinajstić information content (AvgIpc) is 2.72. The van der Waals surface area contributed by atoms with E-state index >= 15 is 0 Å². The predicted octanol–water partition coefficient (Wildman–Crippen LogP) is 2.04. The molecule has 1 saturated carbocycles. The van der Waals surface area contributed by atoms with E-state index in [1.807, 2.05) is 13.8 Å². The fourth-order valence-electron chi connectivity index (χ4n) is 3.72. The van der Waals surface area contributed by atoms with Crippen LogP contribution in [0.3, 0.4) is 0 Å². The molecular weight excluding hydrogens is 272 g/mol. The fraction of sp³-hybridized carbons (Fsp3) is 0.688. The Morgan fingerprint density at radius 1 is 1.52 bits per heavy atom. The molecule has 0 unspecified atom stereocenters. The molecule has 0 bridgehead atoms. The second-order valence-corrected chi connectivity index (χ2v) is 6.31. The highest BCUT2D eigenvalue weighted by molar-refractivity contribution is 5.89. The predicted molar refractivity (Wildman–Crippen MR) is 75.3 cm³/mol. The molecule has 116 valence electrons. The van der Waals surface area contributed by atoms with Crippen LogP contribution in [0.1, 0.15) is 40.0 Å². The molecule has 0 N–H and O–H groups in total. The van der Waals surface area contributed by atoms with Crippen molar-refractivity contribution in [1.29, 1.82) is 0 Å². The van der Waals surface area contributed by atoms with E-state index in [2.05, 4.69) is 0 Å². The van der Waals surface area contributed by atoms with Crippen molar-refractivity contribution in [2.45, 2.75) is 46.1 Å². The molecule has 2 rings (SSSR count). The zero-order chi connectivity index (χ0) is 15.8. The van der Waals surface area contributed by atoms with Crippen molar-refractivity contribution in [3.63, 3.8) is 0 Å². The van der Waals surface area contributed by atoms with Crippen LogP contribution in [0.5, 0.6) is 0 Å². The molecule has 1 aliphatic carbocycles. The molecule has 0 aromatic heterocycles. The molecule has 1 saturated heterocycles. The molecule has 5 nitrogen and oxygen atoms in total. The number of ether oxygens (including phenoxy) is 2. The Labute approximate surface area is 124 Å². The first-order chi connectivity index (χ1) is 9.85. The maximum Gasteiger partial charge on any atom is 0.333 e. The molecule has 0 amide bonds. The van der Waals surface area contributed by atoms with Crippen LogP contribution in [0.2, 0.25) is 0 Å². The molecular formula is C16H22O5. The molecule has 4 atom stereocenters. The number of methoxy groups -OCH3 is 1. The summed E-state index contributed by atoms with van der Waals surface area (Å²) in [5.41, 5.74) is 0.764. The van der Waals surface area contributed by atoms with Gasteiger partial charge in [-0.2, -0.15) is 0 Å². The summed E-state index contributed by atoms with van der Waals surface area (Å²) in [6.07, 6.45) is 2.35. The minimum absolute atomic E-state index is 0.0758. The SMILES string of the molecule is COC(=O)/C(C)=C1/[C@H]2OC(=O)[C@@H](C)[C@@H]2CC[C@@]1(C)CC=O. The second kappa shape index (κ2) is 5.62. The van der Waals surface area contributed by atoms with Crippen LogP contribution >= 0.6 is 0 Å². The van der Waals surface area contributed by atoms with Crippen molar-refractivity contribution in [3.05, 3.63) is 11.1 Å². The van der Waals surface area contributed by atoms with Crippen LogP contribution in [-0.2, 0) is 23.9 Å². The third-order valence-corrected chi connectivity index (χ3v) is 5.04. The smallest absolute Gasteiger partial charge is 0.333 e. The van der Waals surface area contributed by atoms with Crippen LogP contribution in [0.25, 0.3) is 0 Å². The Hall–Kier alpha value is -1.65. The van der Waals surface area contributed by atoms with E-state index in [1.165, 1.54) is 7.11 Å². The summed E-state index contributed by atoms with van der Waals surface area (Å²) in [4.78, 5) is 34.9. The molecule has 5 heteroatoms. The van der Waals surface area contributed by atoms with E-state index < -0.39 is 17.5 Å². The Morgan fingerprint density at radius 3 is 2.76 bits per heavy atom. The summed E-state index contributed by atoms with van der Waals surface area (Å²) in [5, 5.41) is 0. The van der Waals surface area contributed by atoms with Gasteiger partial charge < -0.3 is 14.3 Å². The zero-order valence-corrected chi connectivity index (χ0v) is 13.0. The monoisotopic (exact) mass is 294 g/mol. The molecule has 0 aromatic carbocycles. The van der Waals surface area contributed by atoms with Crippen molar-refractivity contribution in [2.75, 3.05) is 7.11 Å². The standard InChI is InChI=1S/C16H22O5/c1-9-11-5-6-16(3,7-8-17)12(10(2)14(18)20-4)13(11)21-15(9)19/h8-9,11,13H,5-7H2,1-4H3/b12-10-/t9-,11-,13-,16-/m0/s1. The number of hydrogen-bond donors (Lipinski definition) is 0. The summed E-state index contributed by atoms with van der Waals surface area (Å²) in [6, 6.07) is 0. The number of hydrogen-bond acceptors (Lipinski definition) is 5. The van der Waals surface area contributed by atoms with Gasteiger partial charge in [0, 0.05) is 17.9 Å². The Balaban J connectivity index is 2.52. The van der Waals surface area contributed by atoms with E-state index in [9.17, 15) is 14.4 Å². The summed E-state index contributed by atoms with van der Waals surface area (Å²) < 4.78 is 10.3. The lowest BCUT2D eigenvalue weighted by Gasteiger charge is -2.42. The number of aldehydes is 1. The summed E-state index contributed by atoms with van der Waals surface area (Å²) in [5.74, 6) is -0.753. The van der Waals surface area contributed by atoms with Gasteiger partial charge in [-0.3, -0.25) is 4.79 Å². The Bertz CT molecular complexity index is 507. The highest BCUT2D eigenvalue weighted by Gasteiger charge is 2.52. The molecule has 2 fully saturated rings. The van der Waals surface area contributed by atoms with Gasteiger partial charge in [-0.1, -0.05) is 13.8 Å². The number of carbonyl (C=O) groups excluding carboxylic acids is 3. The third kappa shape index (κ3) is 2.49. The topological polar surface area (TPSA) is 69.7 Å². The third-order valence-electron chi connectivity index (χ3n) is 5.04. The lowest BCUT2D eigenvalue weighted by Crippen LogP contribution is -2.39. The molecule has 2 aliphatic rings. The maximum absolute atomic E-state index is 11.9. The summed E-state index contributed by atoms with van der Waals surface area (Å²) in [6.45, 7) is 5.50. The minimum atomic E-state index is -0.453. The highest BCUT2D eigenvalue weighted by Crippen LogP contribution is 2.52. The summed E-state index contributed by atoms with van der Waals surface area (Å²) in [7, 11) is 1.33. The van der Waals surface area contributed by atoms with Crippen molar-refractivity contribution in [1.82, 2.24) is 0 Å². The van der Waals surface area contributed by atoms with E-state index in [0.717, 1.165) is 24.7 Å². The van der Waals surface area contributed by atoms with Gasteiger partial charge in [0.15, 0.2) is 0 Å². The first-order valence-electron chi connectivity index (χ1n) is 7.29. The van der Waals surface area contributed by atoms with E-state index in [-0.39, 0.29) is 17.8 Å². The van der Waals surface area contributed by atoms with Gasteiger partial charge in [-0.15, -0.1) is 0 Å². The van der Waals surface area contributed by atoms with Crippen LogP contribution < -0.4 is 0 Å². The normalized spacial score (nSPS) is 37.5. The Morgan fingerprint density at radius 2 is 2.19 bits per heavy atom. The van der Waals surface area contributed by atoms with Gasteiger partial charge in [0.25, 0.3) is 0 Å². The van der Waals surface area contributed by atoms with Crippen LogP contribution in [0.15, 0.2) is 11.1 Å². The van der Waals surface area contributed by atoms with Crippen molar-refractivity contribution >= 4 is 18.2 Å². The van der Waals surface area contributed by atoms with Gasteiger partial charge in [0.1, 0.15) is 12.4 Å². The first kappa shape index (κ1) is 15.7. The highest BCUT2D eigenvalue weighted by atomic mass is 16.6. The van der Waals surface area contributed by atoms with Gasteiger partial charge in [-0.05, 0) is 30.8 Å². The van der Waals surface area contributed by atoms with Crippen molar-refractivity contribution in [2.24, 2.45) is 17.3 Å². The minimum Gasteiger partial charge on any atom is -0.466 e. The molecule has 21 heavy (non-hydrogen) atoms. The lowest BCUT2D eigenvalue weighted by atomic mass is 9.62. The molecule has 0 radical (unpaired) electrons. The lowest BCUT2D eigenvalue weighted by molar-refractivity contribution is -0.144. The molecule has 1 heterocycles. The van der Waals surface area contributed by atoms with Crippen LogP contribution in [-0.4, -0.2) is 31.4 Å². The van der Waals surface area contributed by atoms with Crippen LogP contribution in [0.4, 0.5) is 0 Å². The fourth-order valence-corrected chi connectivity index (χ4v) is 3.72. The quantitative estimate of drug-likeness (QED) is 0.452. The van der Waals surface area contributed by atoms with E-state index in [1.54, 1.807) is 6.92 Å². The largest absolute Gasteiger partial charge is 0.466 e. The average molecular weight is 294 g/mol. The second-order valence-electron chi connectivity index (χ2n) is 6.31.